The molecule has 13 N–H and O–H groups in total. The smallest absolute Gasteiger partial charge is 0.251 e. The van der Waals surface area contributed by atoms with Gasteiger partial charge in [0.15, 0.2) is 0 Å². The molecular weight excluding hydrogens is 732 g/mol. The maximum absolute atomic E-state index is 13.9. The lowest BCUT2D eigenvalue weighted by Gasteiger charge is -2.39. The van der Waals surface area contributed by atoms with E-state index in [1.165, 1.54) is 48.5 Å². The molecule has 1 aromatic heterocycles. The molecule has 8 atom stereocenters. The number of nitrogens with one attached hydrogen (secondary N) is 4. The summed E-state index contributed by atoms with van der Waals surface area (Å²) in [6.07, 6.45) is -6.52. The minimum atomic E-state index is -1.66. The second kappa shape index (κ2) is 18.5. The molecule has 1 fully saturated rings. The summed E-state index contributed by atoms with van der Waals surface area (Å²) in [5.74, 6) is -3.93. The van der Waals surface area contributed by atoms with Crippen molar-refractivity contribution in [2.24, 2.45) is 11.5 Å². The molecule has 5 rings (SSSR count). The molecule has 1 saturated heterocycles. The van der Waals surface area contributed by atoms with E-state index in [0.29, 0.717) is 11.1 Å². The van der Waals surface area contributed by atoms with Crippen LogP contribution in [0.1, 0.15) is 34.3 Å². The maximum Gasteiger partial charge on any atom is 0.251 e. The van der Waals surface area contributed by atoms with E-state index in [1.54, 1.807) is 6.20 Å². The molecule has 4 aromatic rings. The molecule has 0 unspecified atom stereocenters. The summed E-state index contributed by atoms with van der Waals surface area (Å²) < 4.78 is 10.9. The Balaban J connectivity index is 1.31. The van der Waals surface area contributed by atoms with E-state index in [-0.39, 0.29) is 42.7 Å². The van der Waals surface area contributed by atoms with E-state index >= 15 is 0 Å². The van der Waals surface area contributed by atoms with Gasteiger partial charge in [-0.3, -0.25) is 24.0 Å². The third-order valence-electron chi connectivity index (χ3n) is 9.29. The number of H-pyrrole nitrogens is 1. The Labute approximate surface area is 319 Å². The predicted molar refractivity (Wildman–Crippen MR) is 197 cm³/mol. The van der Waals surface area contributed by atoms with Crippen LogP contribution >= 0.6 is 0 Å². The second-order valence-corrected chi connectivity index (χ2v) is 13.3. The summed E-state index contributed by atoms with van der Waals surface area (Å²) in [4.78, 5) is 68.4. The largest absolute Gasteiger partial charge is 0.508 e. The normalized spacial score (nSPS) is 21.0. The average Bonchev–Trinajstić information content (AvgIpc) is 3.59. The van der Waals surface area contributed by atoms with Gasteiger partial charge < -0.3 is 67.4 Å². The number of aromatic amines is 1. The molecular formula is C38H44N6O12. The third kappa shape index (κ3) is 10.4. The first-order valence-corrected chi connectivity index (χ1v) is 17.6. The maximum atomic E-state index is 13.9. The number of hydrogen-bond acceptors (Lipinski definition) is 12. The molecule has 56 heavy (non-hydrogen) atoms. The molecule has 0 saturated carbocycles. The lowest BCUT2D eigenvalue weighted by molar-refractivity contribution is -0.277. The number of aliphatic hydroxyl groups excluding tert-OH is 4. The van der Waals surface area contributed by atoms with Gasteiger partial charge in [0, 0.05) is 41.9 Å². The van der Waals surface area contributed by atoms with Gasteiger partial charge in [-0.15, -0.1) is 0 Å². The number of para-hydroxylation sites is 1. The molecule has 3 aromatic carbocycles. The molecule has 5 amide bonds. The number of carbonyl (C=O) groups excluding carboxylic acids is 5. The number of amides is 5. The van der Waals surface area contributed by atoms with Crippen LogP contribution < -0.4 is 32.2 Å². The Morgan fingerprint density at radius 3 is 2.11 bits per heavy atom. The average molecular weight is 777 g/mol. The highest BCUT2D eigenvalue weighted by Gasteiger charge is 2.44. The summed E-state index contributed by atoms with van der Waals surface area (Å²) in [6, 6.07) is 14.6. The number of phenolic OH excluding ortho intramolecular Hbond substituents is 1. The summed E-state index contributed by atoms with van der Waals surface area (Å²) >= 11 is 0. The molecule has 298 valence electrons. The summed E-state index contributed by atoms with van der Waals surface area (Å²) in [7, 11) is 0. The van der Waals surface area contributed by atoms with Crippen LogP contribution in [0.4, 0.5) is 0 Å². The number of ether oxygens (including phenoxy) is 2. The number of aliphatic hydroxyl groups is 4. The SMILES string of the molecule is NC(=O)CC[C@H](NC(=O)[C@H](Cc1ccc(O)cc1)NC(=O)c1ccc(O[C@@H]2O[C@H](CO)[C@H](O)[C@H](O)[C@H]2O)cc1)C(=O)N[C@@H](Cc1c[nH]c2ccccc12)C(N)=O. The highest BCUT2D eigenvalue weighted by atomic mass is 16.7. The van der Waals surface area contributed by atoms with Gasteiger partial charge in [-0.25, -0.2) is 0 Å². The highest BCUT2D eigenvalue weighted by Crippen LogP contribution is 2.25. The zero-order valence-corrected chi connectivity index (χ0v) is 29.9. The number of fused-ring (bicyclic) bond motifs is 1. The highest BCUT2D eigenvalue weighted by molar-refractivity contribution is 5.99. The summed E-state index contributed by atoms with van der Waals surface area (Å²) in [6.45, 7) is -0.654. The predicted octanol–water partition coefficient (Wildman–Crippen LogP) is -1.64. The number of rotatable bonds is 17. The molecule has 18 nitrogen and oxygen atoms in total. The number of carbonyl (C=O) groups is 5. The summed E-state index contributed by atoms with van der Waals surface area (Å²) in [5.41, 5.74) is 13.1. The van der Waals surface area contributed by atoms with Gasteiger partial charge in [0.1, 0.15) is 54.0 Å². The molecule has 1 aliphatic rings. The molecule has 18 heteroatoms. The number of primary amides is 2. The lowest BCUT2D eigenvalue weighted by atomic mass is 9.99. The van der Waals surface area contributed by atoms with Crippen molar-refractivity contribution in [2.45, 2.75) is 74.5 Å². The van der Waals surface area contributed by atoms with E-state index in [1.807, 2.05) is 24.3 Å². The van der Waals surface area contributed by atoms with Crippen molar-refractivity contribution in [3.8, 4) is 11.5 Å². The lowest BCUT2D eigenvalue weighted by Crippen LogP contribution is -2.60. The van der Waals surface area contributed by atoms with Gasteiger partial charge in [0.25, 0.3) is 5.91 Å². The van der Waals surface area contributed by atoms with Gasteiger partial charge in [-0.05, 0) is 60.0 Å². The van der Waals surface area contributed by atoms with Gasteiger partial charge in [0.2, 0.25) is 29.9 Å². The Bertz CT molecular complexity index is 2000. The van der Waals surface area contributed by atoms with Crippen molar-refractivity contribution in [3.63, 3.8) is 0 Å². The molecule has 0 radical (unpaired) electrons. The fraction of sp³-hybridized carbons (Fsp3) is 0.342. The zero-order valence-electron chi connectivity index (χ0n) is 29.9. The van der Waals surface area contributed by atoms with Crippen molar-refractivity contribution in [3.05, 3.63) is 95.7 Å². The number of aromatic nitrogens is 1. The van der Waals surface area contributed by atoms with Gasteiger partial charge in [-0.2, -0.15) is 0 Å². The van der Waals surface area contributed by atoms with Gasteiger partial charge in [-0.1, -0.05) is 30.3 Å². The topological polar surface area (TPSA) is 309 Å². The number of benzene rings is 3. The van der Waals surface area contributed by atoms with Crippen LogP contribution in [-0.4, -0.2) is 115 Å². The van der Waals surface area contributed by atoms with E-state index < -0.39 is 85.0 Å². The van der Waals surface area contributed by atoms with Crippen LogP contribution in [0.5, 0.6) is 11.5 Å². The minimum absolute atomic E-state index is 0.0213. The van der Waals surface area contributed by atoms with Crippen LogP contribution in [0, 0.1) is 0 Å². The van der Waals surface area contributed by atoms with Crippen molar-refractivity contribution in [1.82, 2.24) is 20.9 Å². The van der Waals surface area contributed by atoms with Crippen LogP contribution in [-0.2, 0) is 36.8 Å². The fourth-order valence-corrected chi connectivity index (χ4v) is 6.15. The third-order valence-corrected chi connectivity index (χ3v) is 9.29. The Morgan fingerprint density at radius 2 is 1.45 bits per heavy atom. The second-order valence-electron chi connectivity index (χ2n) is 13.3. The molecule has 0 aliphatic carbocycles. The van der Waals surface area contributed by atoms with E-state index in [0.717, 1.165) is 10.9 Å². The van der Waals surface area contributed by atoms with Gasteiger partial charge in [0.05, 0.1) is 6.61 Å². The first kappa shape index (κ1) is 41.1. The zero-order chi connectivity index (χ0) is 40.5. The first-order valence-electron chi connectivity index (χ1n) is 17.6. The van der Waals surface area contributed by atoms with E-state index in [9.17, 15) is 49.5 Å². The van der Waals surface area contributed by atoms with Crippen LogP contribution in [0.15, 0.2) is 79.0 Å². The summed E-state index contributed by atoms with van der Waals surface area (Å²) in [5, 5.41) is 58.2. The van der Waals surface area contributed by atoms with Crippen molar-refractivity contribution in [1.29, 1.82) is 0 Å². The Morgan fingerprint density at radius 1 is 0.786 bits per heavy atom. The number of aromatic hydroxyl groups is 1. The van der Waals surface area contributed by atoms with E-state index in [2.05, 4.69) is 20.9 Å². The number of nitrogens with two attached hydrogens (primary N) is 2. The van der Waals surface area contributed by atoms with Crippen LogP contribution in [0.2, 0.25) is 0 Å². The quantitative estimate of drug-likeness (QED) is 0.0575. The van der Waals surface area contributed by atoms with Crippen molar-refractivity contribution >= 4 is 40.4 Å². The fourth-order valence-electron chi connectivity index (χ4n) is 6.15. The number of hydrogen-bond donors (Lipinski definition) is 11. The monoisotopic (exact) mass is 776 g/mol. The minimum Gasteiger partial charge on any atom is -0.508 e. The first-order chi connectivity index (χ1) is 26.7. The van der Waals surface area contributed by atoms with Gasteiger partial charge >= 0.3 is 0 Å². The van der Waals surface area contributed by atoms with Crippen LogP contribution in [0.25, 0.3) is 10.9 Å². The molecule has 1 aliphatic heterocycles. The molecule has 0 bridgehead atoms. The van der Waals surface area contributed by atoms with E-state index in [4.69, 9.17) is 20.9 Å². The molecule has 0 spiro atoms. The molecule has 2 heterocycles. The number of phenols is 1. The van der Waals surface area contributed by atoms with Crippen molar-refractivity contribution < 1.29 is 59.0 Å². The Hall–Kier alpha value is -6.05. The standard InChI is InChI=1S/C38H44N6O12/c39-30(47)14-13-26(36(53)43-27(34(40)51)16-21-17-41-25-4-2-1-3-24(21)25)42-37(54)28(15-19-5-9-22(46)10-6-19)44-35(52)20-7-11-23(12-8-20)55-38-33(50)32(49)31(48)29(18-45)56-38/h1-12,17,26-29,31-33,38,41,45-46,48-50H,13-16,18H2,(H2,39,47)(H2,40,51)(H,42,54)(H,43,53)(H,44,52)/t26-,27-,28-,29+,31-,32-,33+,38+/m0/s1. The van der Waals surface area contributed by atoms with Crippen molar-refractivity contribution in [2.75, 3.05) is 6.61 Å². The van der Waals surface area contributed by atoms with Crippen LogP contribution in [0.3, 0.4) is 0 Å². The Kier molecular flexibility index (Phi) is 13.6.